The molecular weight excluding hydrogens is 340 g/mol. The van der Waals surface area contributed by atoms with Crippen molar-refractivity contribution >= 4 is 28.3 Å². The molecule has 0 radical (unpaired) electrons. The molecule has 0 fully saturated rings. The van der Waals surface area contributed by atoms with Crippen molar-refractivity contribution in [2.24, 2.45) is 0 Å². The van der Waals surface area contributed by atoms with Crippen molar-refractivity contribution in [3.63, 3.8) is 0 Å². The van der Waals surface area contributed by atoms with Gasteiger partial charge < -0.3 is 9.84 Å². The van der Waals surface area contributed by atoms with Gasteiger partial charge in [-0.25, -0.2) is 9.78 Å². The SMILES string of the molecule is COc1cccc(-c2csc(NC(=O)c3cccc(C(=O)O)c3)n2)c1. The molecule has 0 spiro atoms. The molecular formula is C18H14N2O4S. The lowest BCUT2D eigenvalue weighted by Crippen LogP contribution is -2.12. The Morgan fingerprint density at radius 3 is 2.64 bits per heavy atom. The molecule has 0 atom stereocenters. The predicted molar refractivity (Wildman–Crippen MR) is 95.5 cm³/mol. The van der Waals surface area contributed by atoms with Gasteiger partial charge in [-0.15, -0.1) is 11.3 Å². The van der Waals surface area contributed by atoms with Crippen molar-refractivity contribution in [2.75, 3.05) is 12.4 Å². The van der Waals surface area contributed by atoms with Crippen molar-refractivity contribution in [1.29, 1.82) is 0 Å². The number of carbonyl (C=O) groups excluding carboxylic acids is 1. The molecule has 7 heteroatoms. The summed E-state index contributed by atoms with van der Waals surface area (Å²) in [5, 5.41) is 14.0. The largest absolute Gasteiger partial charge is 0.497 e. The summed E-state index contributed by atoms with van der Waals surface area (Å²) in [6.07, 6.45) is 0. The zero-order valence-corrected chi connectivity index (χ0v) is 14.0. The number of carboxylic acids is 1. The van der Waals surface area contributed by atoms with Crippen LogP contribution in [0.3, 0.4) is 0 Å². The predicted octanol–water partition coefficient (Wildman–Crippen LogP) is 3.77. The molecule has 0 aliphatic carbocycles. The van der Waals surface area contributed by atoms with Crippen LogP contribution >= 0.6 is 11.3 Å². The minimum absolute atomic E-state index is 0.0591. The van der Waals surface area contributed by atoms with Crippen LogP contribution in [0.2, 0.25) is 0 Å². The van der Waals surface area contributed by atoms with Crippen LogP contribution in [0.25, 0.3) is 11.3 Å². The standard InChI is InChI=1S/C18H14N2O4S/c1-24-14-7-3-4-11(9-14)15-10-25-18(19-15)20-16(21)12-5-2-6-13(8-12)17(22)23/h2-10H,1H3,(H,22,23)(H,19,20,21). The summed E-state index contributed by atoms with van der Waals surface area (Å²) in [6, 6.07) is 13.3. The number of aromatic carboxylic acids is 1. The summed E-state index contributed by atoms with van der Waals surface area (Å²) in [6.45, 7) is 0. The molecule has 3 aromatic rings. The Labute approximate surface area is 147 Å². The molecule has 25 heavy (non-hydrogen) atoms. The third kappa shape index (κ3) is 3.84. The first-order valence-corrected chi connectivity index (χ1v) is 8.19. The first kappa shape index (κ1) is 16.7. The summed E-state index contributed by atoms with van der Waals surface area (Å²) in [5.41, 5.74) is 1.92. The minimum atomic E-state index is -1.08. The van der Waals surface area contributed by atoms with Crippen LogP contribution in [-0.2, 0) is 0 Å². The molecule has 1 aromatic heterocycles. The number of methoxy groups -OCH3 is 1. The average Bonchev–Trinajstić information content (AvgIpc) is 3.10. The summed E-state index contributed by atoms with van der Waals surface area (Å²) in [7, 11) is 1.59. The molecule has 1 amide bonds. The van der Waals surface area contributed by atoms with E-state index in [0.717, 1.165) is 17.0 Å². The smallest absolute Gasteiger partial charge is 0.335 e. The van der Waals surface area contributed by atoms with Crippen molar-refractivity contribution in [3.8, 4) is 17.0 Å². The lowest BCUT2D eigenvalue weighted by molar-refractivity contribution is 0.0697. The second-order valence-electron chi connectivity index (χ2n) is 5.11. The maximum Gasteiger partial charge on any atom is 0.335 e. The number of nitrogens with zero attached hydrogens (tertiary/aromatic N) is 1. The number of carboxylic acid groups (broad SMARTS) is 1. The highest BCUT2D eigenvalue weighted by Crippen LogP contribution is 2.27. The third-order valence-electron chi connectivity index (χ3n) is 3.46. The molecule has 2 N–H and O–H groups in total. The monoisotopic (exact) mass is 354 g/mol. The molecule has 1 heterocycles. The van der Waals surface area contributed by atoms with E-state index in [1.165, 1.54) is 29.5 Å². The molecule has 3 rings (SSSR count). The number of ether oxygens (including phenoxy) is 1. The lowest BCUT2D eigenvalue weighted by atomic mass is 10.1. The number of carbonyl (C=O) groups is 2. The highest BCUT2D eigenvalue weighted by molar-refractivity contribution is 7.14. The minimum Gasteiger partial charge on any atom is -0.497 e. The van der Waals surface area contributed by atoms with Crippen molar-refractivity contribution < 1.29 is 19.4 Å². The molecule has 0 aliphatic heterocycles. The van der Waals surface area contributed by atoms with E-state index in [-0.39, 0.29) is 11.1 Å². The quantitative estimate of drug-likeness (QED) is 0.728. The fraction of sp³-hybridized carbons (Fsp3) is 0.0556. The average molecular weight is 354 g/mol. The number of benzene rings is 2. The fourth-order valence-electron chi connectivity index (χ4n) is 2.21. The van der Waals surface area contributed by atoms with Crippen LogP contribution in [0.4, 0.5) is 5.13 Å². The number of hydrogen-bond acceptors (Lipinski definition) is 5. The summed E-state index contributed by atoms with van der Waals surface area (Å²) >= 11 is 1.29. The first-order chi connectivity index (χ1) is 12.1. The van der Waals surface area contributed by atoms with Crippen molar-refractivity contribution in [1.82, 2.24) is 4.98 Å². The van der Waals surface area contributed by atoms with Gasteiger partial charge in [-0.3, -0.25) is 10.1 Å². The van der Waals surface area contributed by atoms with Crippen LogP contribution < -0.4 is 10.1 Å². The second kappa shape index (κ2) is 7.14. The van der Waals surface area contributed by atoms with E-state index in [0.29, 0.717) is 5.13 Å². The first-order valence-electron chi connectivity index (χ1n) is 7.31. The van der Waals surface area contributed by atoms with Gasteiger partial charge in [0.05, 0.1) is 18.4 Å². The second-order valence-corrected chi connectivity index (χ2v) is 5.97. The van der Waals surface area contributed by atoms with Gasteiger partial charge in [0.25, 0.3) is 5.91 Å². The third-order valence-corrected chi connectivity index (χ3v) is 4.22. The van der Waals surface area contributed by atoms with Gasteiger partial charge in [0, 0.05) is 16.5 Å². The van der Waals surface area contributed by atoms with Crippen LogP contribution in [0, 0.1) is 0 Å². The molecule has 0 saturated carbocycles. The van der Waals surface area contributed by atoms with Gasteiger partial charge in [0.15, 0.2) is 5.13 Å². The maximum absolute atomic E-state index is 12.3. The van der Waals surface area contributed by atoms with Gasteiger partial charge in [-0.2, -0.15) is 0 Å². The Morgan fingerprint density at radius 2 is 1.88 bits per heavy atom. The Balaban J connectivity index is 1.78. The zero-order valence-electron chi connectivity index (χ0n) is 13.2. The van der Waals surface area contributed by atoms with E-state index in [1.807, 2.05) is 29.6 Å². The molecule has 2 aromatic carbocycles. The van der Waals surface area contributed by atoms with Gasteiger partial charge in [0.2, 0.25) is 0 Å². The number of thiazole rings is 1. The Morgan fingerprint density at radius 1 is 1.12 bits per heavy atom. The van der Waals surface area contributed by atoms with E-state index in [1.54, 1.807) is 13.2 Å². The summed E-state index contributed by atoms with van der Waals surface area (Å²) in [4.78, 5) is 27.7. The van der Waals surface area contributed by atoms with Gasteiger partial charge in [-0.05, 0) is 30.3 Å². The number of amides is 1. The molecule has 0 aliphatic rings. The summed E-state index contributed by atoms with van der Waals surface area (Å²) in [5.74, 6) is -0.763. The molecule has 6 nitrogen and oxygen atoms in total. The molecule has 0 unspecified atom stereocenters. The number of anilines is 1. The van der Waals surface area contributed by atoms with Gasteiger partial charge >= 0.3 is 5.97 Å². The Bertz CT molecular complexity index is 936. The molecule has 0 saturated heterocycles. The van der Waals surface area contributed by atoms with Crippen LogP contribution in [0.15, 0.2) is 53.9 Å². The zero-order chi connectivity index (χ0) is 17.8. The maximum atomic E-state index is 12.3. The molecule has 0 bridgehead atoms. The molecule has 126 valence electrons. The summed E-state index contributed by atoms with van der Waals surface area (Å²) < 4.78 is 5.19. The number of aromatic nitrogens is 1. The number of hydrogen-bond donors (Lipinski definition) is 2. The highest BCUT2D eigenvalue weighted by atomic mass is 32.1. The van der Waals surface area contributed by atoms with E-state index in [4.69, 9.17) is 9.84 Å². The van der Waals surface area contributed by atoms with E-state index >= 15 is 0 Å². The van der Waals surface area contributed by atoms with Crippen molar-refractivity contribution in [3.05, 3.63) is 65.0 Å². The van der Waals surface area contributed by atoms with E-state index < -0.39 is 11.9 Å². The fourth-order valence-corrected chi connectivity index (χ4v) is 2.92. The normalized spacial score (nSPS) is 10.3. The topological polar surface area (TPSA) is 88.5 Å². The van der Waals surface area contributed by atoms with E-state index in [9.17, 15) is 9.59 Å². The number of rotatable bonds is 5. The lowest BCUT2D eigenvalue weighted by Gasteiger charge is -2.03. The van der Waals surface area contributed by atoms with Crippen molar-refractivity contribution in [2.45, 2.75) is 0 Å². The van der Waals surface area contributed by atoms with Gasteiger partial charge in [-0.1, -0.05) is 18.2 Å². The Hall–Kier alpha value is -3.19. The van der Waals surface area contributed by atoms with Crippen LogP contribution in [-0.4, -0.2) is 29.1 Å². The van der Waals surface area contributed by atoms with Crippen LogP contribution in [0.5, 0.6) is 5.75 Å². The van der Waals surface area contributed by atoms with Gasteiger partial charge in [0.1, 0.15) is 5.75 Å². The van der Waals surface area contributed by atoms with Crippen LogP contribution in [0.1, 0.15) is 20.7 Å². The van der Waals surface area contributed by atoms with E-state index in [2.05, 4.69) is 10.3 Å². The highest BCUT2D eigenvalue weighted by Gasteiger charge is 2.12. The number of nitrogens with one attached hydrogen (secondary N) is 1. The Kier molecular flexibility index (Phi) is 4.76.